The van der Waals surface area contributed by atoms with Gasteiger partial charge in [-0.2, -0.15) is 0 Å². The molecular formula is C15H23NOS. The van der Waals surface area contributed by atoms with Crippen LogP contribution < -0.4 is 5.32 Å². The highest BCUT2D eigenvalue weighted by atomic mass is 32.2. The third-order valence-corrected chi connectivity index (χ3v) is 4.64. The van der Waals surface area contributed by atoms with Crippen LogP contribution in [0.2, 0.25) is 0 Å². The Bertz CT molecular complexity index is 356. The Morgan fingerprint density at radius 1 is 1.39 bits per heavy atom. The molecule has 0 saturated carbocycles. The van der Waals surface area contributed by atoms with Crippen molar-refractivity contribution < 1.29 is 5.11 Å². The average molecular weight is 265 g/mol. The van der Waals surface area contributed by atoms with E-state index in [0.29, 0.717) is 11.2 Å². The normalized spacial score (nSPS) is 20.1. The minimum atomic E-state index is 0.239. The van der Waals surface area contributed by atoms with Crippen molar-refractivity contribution in [3.8, 4) is 0 Å². The Kier molecular flexibility index (Phi) is 5.10. The summed E-state index contributed by atoms with van der Waals surface area (Å²) >= 11 is 1.96. The number of rotatable bonds is 6. The molecule has 0 aliphatic carbocycles. The van der Waals surface area contributed by atoms with E-state index in [0.717, 1.165) is 19.4 Å². The van der Waals surface area contributed by atoms with E-state index < -0.39 is 0 Å². The topological polar surface area (TPSA) is 32.3 Å². The van der Waals surface area contributed by atoms with Crippen LogP contribution >= 0.6 is 11.8 Å². The first kappa shape index (κ1) is 13.9. The zero-order valence-corrected chi connectivity index (χ0v) is 12.0. The Hall–Kier alpha value is -0.510. The van der Waals surface area contributed by atoms with Gasteiger partial charge in [-0.05, 0) is 30.4 Å². The molecule has 1 heterocycles. The predicted molar refractivity (Wildman–Crippen MR) is 78.1 cm³/mol. The summed E-state index contributed by atoms with van der Waals surface area (Å²) < 4.78 is 0. The van der Waals surface area contributed by atoms with Gasteiger partial charge in [0.05, 0.1) is 6.61 Å². The molecule has 3 heteroatoms. The number of hydrogen-bond donors (Lipinski definition) is 2. The Morgan fingerprint density at radius 2 is 2.17 bits per heavy atom. The number of benzene rings is 1. The van der Waals surface area contributed by atoms with Crippen LogP contribution in [0.4, 0.5) is 0 Å². The molecule has 2 unspecified atom stereocenters. The lowest BCUT2D eigenvalue weighted by Gasteiger charge is -2.20. The van der Waals surface area contributed by atoms with E-state index >= 15 is 0 Å². The van der Waals surface area contributed by atoms with E-state index in [1.54, 1.807) is 0 Å². The first-order chi connectivity index (χ1) is 8.69. The van der Waals surface area contributed by atoms with Gasteiger partial charge in [-0.3, -0.25) is 0 Å². The lowest BCUT2D eigenvalue weighted by Crippen LogP contribution is -2.37. The first-order valence-corrected chi connectivity index (χ1v) is 7.65. The summed E-state index contributed by atoms with van der Waals surface area (Å²) in [4.78, 5) is 1.42. The highest BCUT2D eigenvalue weighted by molar-refractivity contribution is 8.00. The van der Waals surface area contributed by atoms with Crippen LogP contribution in [-0.4, -0.2) is 29.5 Å². The first-order valence-electron chi connectivity index (χ1n) is 6.78. The fourth-order valence-electron chi connectivity index (χ4n) is 2.46. The van der Waals surface area contributed by atoms with Crippen molar-refractivity contribution in [2.75, 3.05) is 13.2 Å². The van der Waals surface area contributed by atoms with Crippen molar-refractivity contribution in [3.63, 3.8) is 0 Å². The molecule has 100 valence electrons. The minimum Gasteiger partial charge on any atom is -0.395 e. The van der Waals surface area contributed by atoms with E-state index in [1.807, 2.05) is 11.8 Å². The lowest BCUT2D eigenvalue weighted by atomic mass is 10.0. The van der Waals surface area contributed by atoms with Gasteiger partial charge in [-0.15, -0.1) is 11.8 Å². The van der Waals surface area contributed by atoms with E-state index in [1.165, 1.54) is 10.5 Å². The maximum Gasteiger partial charge on any atom is 0.0584 e. The molecule has 0 amide bonds. The molecule has 0 bridgehead atoms. The monoisotopic (exact) mass is 265 g/mol. The van der Waals surface area contributed by atoms with E-state index in [2.05, 4.69) is 43.4 Å². The van der Waals surface area contributed by atoms with Crippen LogP contribution in [0.5, 0.6) is 0 Å². The van der Waals surface area contributed by atoms with Gasteiger partial charge in [0.2, 0.25) is 0 Å². The summed E-state index contributed by atoms with van der Waals surface area (Å²) in [6.45, 7) is 5.62. The van der Waals surface area contributed by atoms with Gasteiger partial charge >= 0.3 is 0 Å². The second kappa shape index (κ2) is 6.60. The van der Waals surface area contributed by atoms with Crippen molar-refractivity contribution >= 4 is 11.8 Å². The molecule has 2 nitrogen and oxygen atoms in total. The molecule has 0 saturated heterocycles. The molecule has 2 atom stereocenters. The van der Waals surface area contributed by atoms with Gasteiger partial charge in [0.25, 0.3) is 0 Å². The van der Waals surface area contributed by atoms with E-state index in [4.69, 9.17) is 0 Å². The zero-order chi connectivity index (χ0) is 13.0. The number of fused-ring (bicyclic) bond motifs is 1. The quantitative estimate of drug-likeness (QED) is 0.829. The van der Waals surface area contributed by atoms with Crippen LogP contribution in [0.25, 0.3) is 0 Å². The van der Waals surface area contributed by atoms with Crippen molar-refractivity contribution in [3.05, 3.63) is 29.8 Å². The average Bonchev–Trinajstić information content (AvgIpc) is 2.76. The van der Waals surface area contributed by atoms with Crippen LogP contribution in [0.15, 0.2) is 29.2 Å². The van der Waals surface area contributed by atoms with Gasteiger partial charge in [0, 0.05) is 22.7 Å². The van der Waals surface area contributed by atoms with Crippen molar-refractivity contribution in [1.82, 2.24) is 5.32 Å². The molecule has 2 rings (SSSR count). The molecule has 1 aliphatic rings. The largest absolute Gasteiger partial charge is 0.395 e. The molecule has 0 fully saturated rings. The summed E-state index contributed by atoms with van der Waals surface area (Å²) in [5.41, 5.74) is 1.47. The molecular weight excluding hydrogens is 242 g/mol. The number of aliphatic hydroxyl groups excluding tert-OH is 1. The van der Waals surface area contributed by atoms with E-state index in [-0.39, 0.29) is 12.6 Å². The Balaban J connectivity index is 1.79. The summed E-state index contributed by atoms with van der Waals surface area (Å²) in [6, 6.07) is 8.90. The smallest absolute Gasteiger partial charge is 0.0584 e. The second-order valence-electron chi connectivity index (χ2n) is 5.47. The molecule has 1 aromatic carbocycles. The highest BCUT2D eigenvalue weighted by Gasteiger charge is 2.22. The number of thioether (sulfide) groups is 1. The van der Waals surface area contributed by atoms with Gasteiger partial charge in [0.15, 0.2) is 0 Å². The number of aliphatic hydroxyl groups is 1. The maximum absolute atomic E-state index is 9.35. The molecule has 0 radical (unpaired) electrons. The van der Waals surface area contributed by atoms with Gasteiger partial charge in [-0.1, -0.05) is 32.0 Å². The van der Waals surface area contributed by atoms with E-state index in [9.17, 15) is 5.11 Å². The molecule has 0 aromatic heterocycles. The van der Waals surface area contributed by atoms with Crippen LogP contribution in [0, 0.1) is 5.92 Å². The second-order valence-corrected chi connectivity index (χ2v) is 6.81. The maximum atomic E-state index is 9.35. The van der Waals surface area contributed by atoms with Crippen molar-refractivity contribution in [1.29, 1.82) is 0 Å². The minimum absolute atomic E-state index is 0.239. The highest BCUT2D eigenvalue weighted by Crippen LogP contribution is 2.36. The van der Waals surface area contributed by atoms with Gasteiger partial charge in [0.1, 0.15) is 0 Å². The number of nitrogens with one attached hydrogen (secondary N) is 1. The van der Waals surface area contributed by atoms with Crippen LogP contribution in [0.1, 0.15) is 25.8 Å². The fourth-order valence-corrected chi connectivity index (χ4v) is 3.72. The van der Waals surface area contributed by atoms with Crippen molar-refractivity contribution in [2.24, 2.45) is 5.92 Å². The predicted octanol–water partition coefficient (Wildman–Crippen LogP) is 2.70. The lowest BCUT2D eigenvalue weighted by molar-refractivity contribution is 0.225. The van der Waals surface area contributed by atoms with Gasteiger partial charge < -0.3 is 10.4 Å². The summed E-state index contributed by atoms with van der Waals surface area (Å²) in [5.74, 6) is 0.628. The summed E-state index contributed by atoms with van der Waals surface area (Å²) in [7, 11) is 0. The third-order valence-electron chi connectivity index (χ3n) is 3.32. The Labute approximate surface area is 114 Å². The standard InChI is InChI=1S/C15H23NOS/c1-11(2)7-13(10-17)16-9-14-8-12-5-3-4-6-15(12)18-14/h3-6,11,13-14,16-17H,7-10H2,1-2H3. The van der Waals surface area contributed by atoms with Crippen molar-refractivity contribution in [2.45, 2.75) is 42.9 Å². The zero-order valence-electron chi connectivity index (χ0n) is 11.2. The molecule has 18 heavy (non-hydrogen) atoms. The molecule has 1 aromatic rings. The number of hydrogen-bond acceptors (Lipinski definition) is 3. The van der Waals surface area contributed by atoms with Crippen LogP contribution in [0.3, 0.4) is 0 Å². The summed E-state index contributed by atoms with van der Waals surface area (Å²) in [6.07, 6.45) is 2.19. The molecule has 1 aliphatic heterocycles. The SMILES string of the molecule is CC(C)CC(CO)NCC1Cc2ccccc2S1. The third kappa shape index (κ3) is 3.74. The van der Waals surface area contributed by atoms with Crippen LogP contribution in [-0.2, 0) is 6.42 Å². The fraction of sp³-hybridized carbons (Fsp3) is 0.600. The van der Waals surface area contributed by atoms with Gasteiger partial charge in [-0.25, -0.2) is 0 Å². The molecule has 0 spiro atoms. The Morgan fingerprint density at radius 3 is 2.83 bits per heavy atom. The molecule has 2 N–H and O–H groups in total. The summed E-state index contributed by atoms with van der Waals surface area (Å²) in [5, 5.41) is 13.5.